The number of carbonyl (C=O) groups is 1. The van der Waals surface area contributed by atoms with E-state index in [1.165, 1.54) is 0 Å². The smallest absolute Gasteiger partial charge is 0.228 e. The van der Waals surface area contributed by atoms with Gasteiger partial charge in [0.05, 0.1) is 24.4 Å². The summed E-state index contributed by atoms with van der Waals surface area (Å²) in [6.07, 6.45) is 2.41. The average Bonchev–Trinajstić information content (AvgIpc) is 3.03. The first-order chi connectivity index (χ1) is 20.7. The molecule has 1 amide bonds. The summed E-state index contributed by atoms with van der Waals surface area (Å²) in [6.45, 7) is 4.26. The van der Waals surface area contributed by atoms with Crippen molar-refractivity contribution in [1.29, 1.82) is 0 Å². The molecule has 5 rings (SSSR count). The van der Waals surface area contributed by atoms with Crippen LogP contribution in [-0.4, -0.2) is 88.2 Å². The normalized spacial score (nSPS) is 13.6. The standard InChI is InChI=1S/C31H35N5O6/c1-38-16-18-40-29-20-27-28(21-30(29)41-19-17-39-2)32-22-33-31(27)34-12-14-35(15-13-34)36(23-37)24-8-10-26(11-9-24)42-25-6-4-3-5-7-25/h3-11,20-23H,12-19H2,1-2H3. The van der Waals surface area contributed by atoms with E-state index in [4.69, 9.17) is 23.7 Å². The fourth-order valence-electron chi connectivity index (χ4n) is 4.70. The topological polar surface area (TPSA) is 98.7 Å². The van der Waals surface area contributed by atoms with E-state index < -0.39 is 0 Å². The number of ether oxygens (including phenoxy) is 5. The van der Waals surface area contributed by atoms with Gasteiger partial charge in [0.15, 0.2) is 11.5 Å². The molecule has 1 aromatic heterocycles. The summed E-state index contributed by atoms with van der Waals surface area (Å²) in [4.78, 5) is 23.5. The number of fused-ring (bicyclic) bond motifs is 1. The third-order valence-corrected chi connectivity index (χ3v) is 6.81. The van der Waals surface area contributed by atoms with Crippen LogP contribution in [0.2, 0.25) is 0 Å². The van der Waals surface area contributed by atoms with Crippen LogP contribution >= 0.6 is 0 Å². The number of aromatic nitrogens is 2. The van der Waals surface area contributed by atoms with Crippen molar-refractivity contribution in [2.75, 3.05) is 76.7 Å². The molecule has 1 saturated heterocycles. The first-order valence-corrected chi connectivity index (χ1v) is 13.8. The van der Waals surface area contributed by atoms with Gasteiger partial charge in [0.1, 0.15) is 36.9 Å². The number of carbonyl (C=O) groups excluding carboxylic acids is 1. The Morgan fingerprint density at radius 2 is 1.43 bits per heavy atom. The van der Waals surface area contributed by atoms with Crippen molar-refractivity contribution in [3.63, 3.8) is 0 Å². The highest BCUT2D eigenvalue weighted by molar-refractivity contribution is 5.92. The number of amides is 1. The van der Waals surface area contributed by atoms with E-state index in [1.807, 2.05) is 71.7 Å². The van der Waals surface area contributed by atoms with Gasteiger partial charge >= 0.3 is 0 Å². The number of piperazine rings is 1. The molecule has 42 heavy (non-hydrogen) atoms. The Morgan fingerprint density at radius 3 is 2.07 bits per heavy atom. The molecule has 0 bridgehead atoms. The first kappa shape index (κ1) is 29.1. The zero-order chi connectivity index (χ0) is 29.1. The van der Waals surface area contributed by atoms with Crippen LogP contribution < -0.4 is 24.1 Å². The van der Waals surface area contributed by atoms with Crippen molar-refractivity contribution in [3.8, 4) is 23.0 Å². The van der Waals surface area contributed by atoms with Gasteiger partial charge in [-0.2, -0.15) is 0 Å². The Labute approximate surface area is 245 Å². The Balaban J connectivity index is 1.28. The maximum absolute atomic E-state index is 12.2. The summed E-state index contributed by atoms with van der Waals surface area (Å²) in [6, 6.07) is 20.9. The molecule has 0 saturated carbocycles. The number of hydrazine groups is 1. The molecule has 0 aliphatic carbocycles. The Hall–Kier alpha value is -4.45. The fourth-order valence-corrected chi connectivity index (χ4v) is 4.70. The van der Waals surface area contributed by atoms with Crippen LogP contribution in [0.4, 0.5) is 11.5 Å². The molecule has 1 aliphatic heterocycles. The minimum atomic E-state index is 0.380. The van der Waals surface area contributed by atoms with Gasteiger partial charge in [-0.1, -0.05) is 18.2 Å². The van der Waals surface area contributed by atoms with Gasteiger partial charge in [0.25, 0.3) is 0 Å². The van der Waals surface area contributed by atoms with E-state index in [9.17, 15) is 4.79 Å². The lowest BCUT2D eigenvalue weighted by Gasteiger charge is -2.40. The molecule has 0 spiro atoms. The van der Waals surface area contributed by atoms with Gasteiger partial charge in [0, 0.05) is 51.9 Å². The van der Waals surface area contributed by atoms with Crippen LogP contribution in [0.3, 0.4) is 0 Å². The second-order valence-electron chi connectivity index (χ2n) is 9.50. The van der Waals surface area contributed by atoms with Crippen LogP contribution in [0.25, 0.3) is 10.9 Å². The van der Waals surface area contributed by atoms with Crippen LogP contribution in [0.1, 0.15) is 0 Å². The predicted octanol–water partition coefficient (Wildman–Crippen LogP) is 4.17. The van der Waals surface area contributed by atoms with E-state index in [2.05, 4.69) is 14.9 Å². The summed E-state index contributed by atoms with van der Waals surface area (Å²) < 4.78 is 28.1. The summed E-state index contributed by atoms with van der Waals surface area (Å²) in [5, 5.41) is 4.53. The molecule has 4 aromatic rings. The molecular formula is C31H35N5O6. The Morgan fingerprint density at radius 1 is 0.786 bits per heavy atom. The minimum Gasteiger partial charge on any atom is -0.487 e. The van der Waals surface area contributed by atoms with Crippen LogP contribution in [-0.2, 0) is 14.3 Å². The molecule has 3 aromatic carbocycles. The Kier molecular flexibility index (Phi) is 9.99. The maximum atomic E-state index is 12.2. The number of methoxy groups -OCH3 is 2. The number of anilines is 2. The van der Waals surface area contributed by atoms with Gasteiger partial charge < -0.3 is 28.6 Å². The molecule has 0 unspecified atom stereocenters. The minimum absolute atomic E-state index is 0.380. The molecule has 0 N–H and O–H groups in total. The van der Waals surface area contributed by atoms with Crippen LogP contribution in [0.15, 0.2) is 73.1 Å². The van der Waals surface area contributed by atoms with Crippen molar-refractivity contribution < 1.29 is 28.5 Å². The zero-order valence-corrected chi connectivity index (χ0v) is 23.8. The number of rotatable bonds is 14. The zero-order valence-electron chi connectivity index (χ0n) is 23.8. The van der Waals surface area contributed by atoms with Crippen molar-refractivity contribution in [3.05, 3.63) is 73.1 Å². The highest BCUT2D eigenvalue weighted by Gasteiger charge is 2.25. The number of nitrogens with zero attached hydrogens (tertiary/aromatic N) is 5. The van der Waals surface area contributed by atoms with Gasteiger partial charge in [-0.05, 0) is 42.5 Å². The monoisotopic (exact) mass is 573 g/mol. The average molecular weight is 574 g/mol. The lowest BCUT2D eigenvalue weighted by atomic mass is 10.2. The quantitative estimate of drug-likeness (QED) is 0.161. The lowest BCUT2D eigenvalue weighted by molar-refractivity contribution is -0.110. The third-order valence-electron chi connectivity index (χ3n) is 6.81. The molecule has 11 nitrogen and oxygen atoms in total. The summed E-state index contributed by atoms with van der Waals surface area (Å²) in [5.41, 5.74) is 1.52. The first-order valence-electron chi connectivity index (χ1n) is 13.8. The van der Waals surface area contributed by atoms with E-state index in [0.717, 1.165) is 34.6 Å². The van der Waals surface area contributed by atoms with Gasteiger partial charge in [-0.3, -0.25) is 4.79 Å². The molecule has 0 radical (unpaired) electrons. The van der Waals surface area contributed by atoms with E-state index in [0.29, 0.717) is 69.9 Å². The van der Waals surface area contributed by atoms with E-state index in [-0.39, 0.29) is 0 Å². The highest BCUT2D eigenvalue weighted by atomic mass is 16.5. The maximum Gasteiger partial charge on any atom is 0.228 e. The largest absolute Gasteiger partial charge is 0.487 e. The summed E-state index contributed by atoms with van der Waals surface area (Å²) in [5.74, 6) is 3.45. The molecule has 220 valence electrons. The predicted molar refractivity (Wildman–Crippen MR) is 160 cm³/mol. The molecule has 1 fully saturated rings. The third kappa shape index (κ3) is 7.06. The van der Waals surface area contributed by atoms with Crippen molar-refractivity contribution in [2.45, 2.75) is 0 Å². The van der Waals surface area contributed by atoms with Gasteiger partial charge in [-0.25, -0.2) is 20.0 Å². The number of benzene rings is 3. The molecule has 11 heteroatoms. The SMILES string of the molecule is COCCOc1cc2ncnc(N3CCN(N(C=O)c4ccc(Oc5ccccc5)cc4)CC3)c2cc1OCCOC. The van der Waals surface area contributed by atoms with Crippen molar-refractivity contribution in [1.82, 2.24) is 15.0 Å². The summed E-state index contributed by atoms with van der Waals surface area (Å²) >= 11 is 0. The Bertz CT molecular complexity index is 1430. The van der Waals surface area contributed by atoms with Gasteiger partial charge in [-0.15, -0.1) is 0 Å². The number of para-hydroxylation sites is 1. The van der Waals surface area contributed by atoms with Crippen molar-refractivity contribution in [2.24, 2.45) is 0 Å². The highest BCUT2D eigenvalue weighted by Crippen LogP contribution is 2.36. The molecule has 1 aliphatic rings. The fraction of sp³-hybridized carbons (Fsp3) is 0.323. The van der Waals surface area contributed by atoms with Crippen LogP contribution in [0, 0.1) is 0 Å². The van der Waals surface area contributed by atoms with Crippen LogP contribution in [0.5, 0.6) is 23.0 Å². The van der Waals surface area contributed by atoms with E-state index in [1.54, 1.807) is 25.6 Å². The number of hydrogen-bond donors (Lipinski definition) is 0. The van der Waals surface area contributed by atoms with Crippen molar-refractivity contribution >= 4 is 28.8 Å². The second-order valence-corrected chi connectivity index (χ2v) is 9.50. The summed E-state index contributed by atoms with van der Waals surface area (Å²) in [7, 11) is 3.26. The molecule has 0 atom stereocenters. The molecule has 2 heterocycles. The molecular weight excluding hydrogens is 538 g/mol. The lowest BCUT2D eigenvalue weighted by Crippen LogP contribution is -2.54. The van der Waals surface area contributed by atoms with Gasteiger partial charge in [0.2, 0.25) is 6.41 Å². The van der Waals surface area contributed by atoms with E-state index >= 15 is 0 Å². The number of hydrogen-bond acceptors (Lipinski definition) is 10. The second kappa shape index (κ2) is 14.4.